The predicted molar refractivity (Wildman–Crippen MR) is 68.3 cm³/mol. The molecule has 3 nitrogen and oxygen atoms in total. The zero-order chi connectivity index (χ0) is 12.3. The normalized spacial score (nSPS) is 10.5. The number of nitrogens with zero attached hydrogens (tertiary/aromatic N) is 2. The van der Waals surface area contributed by atoms with Crippen LogP contribution in [0.15, 0.2) is 30.6 Å². The number of hydrogen-bond acceptors (Lipinski definition) is 2. The van der Waals surface area contributed by atoms with Gasteiger partial charge in [-0.05, 0) is 25.5 Å². The molecule has 0 atom stereocenters. The number of rotatable bonds is 4. The molecule has 0 amide bonds. The zero-order valence-electron chi connectivity index (χ0n) is 10.6. The van der Waals surface area contributed by atoms with Crippen molar-refractivity contribution in [2.45, 2.75) is 20.3 Å². The highest BCUT2D eigenvalue weighted by Gasteiger charge is 2.02. The average Bonchev–Trinajstić information content (AvgIpc) is 2.68. The number of ether oxygens (including phenoxy) is 1. The van der Waals surface area contributed by atoms with Crippen molar-refractivity contribution in [3.8, 4) is 5.75 Å². The summed E-state index contributed by atoms with van der Waals surface area (Å²) in [6.07, 6.45) is 4.59. The number of benzene rings is 1. The largest absolute Gasteiger partial charge is 0.493 e. The minimum absolute atomic E-state index is 0.661. The Kier molecular flexibility index (Phi) is 3.47. The lowest BCUT2D eigenvalue weighted by Crippen LogP contribution is -2.06. The van der Waals surface area contributed by atoms with Crippen LogP contribution in [-0.4, -0.2) is 16.2 Å². The molecule has 0 aliphatic carbocycles. The van der Waals surface area contributed by atoms with Crippen molar-refractivity contribution in [1.29, 1.82) is 0 Å². The second-order valence-corrected chi connectivity index (χ2v) is 4.32. The van der Waals surface area contributed by atoms with E-state index in [2.05, 4.69) is 31.0 Å². The molecule has 0 N–H and O–H groups in total. The van der Waals surface area contributed by atoms with E-state index >= 15 is 0 Å². The van der Waals surface area contributed by atoms with Gasteiger partial charge in [0, 0.05) is 25.9 Å². The van der Waals surface area contributed by atoms with E-state index < -0.39 is 0 Å². The summed E-state index contributed by atoms with van der Waals surface area (Å²) in [4.78, 5) is 4.27. The third-order valence-electron chi connectivity index (χ3n) is 2.83. The molecule has 90 valence electrons. The molecule has 1 aromatic heterocycles. The summed E-state index contributed by atoms with van der Waals surface area (Å²) in [5.41, 5.74) is 2.45. The molecule has 0 saturated heterocycles. The highest BCUT2D eigenvalue weighted by molar-refractivity contribution is 5.35. The summed E-state index contributed by atoms with van der Waals surface area (Å²) in [6.45, 7) is 4.82. The minimum Gasteiger partial charge on any atom is -0.493 e. The molecule has 0 aliphatic rings. The fourth-order valence-corrected chi connectivity index (χ4v) is 1.85. The molecule has 0 spiro atoms. The van der Waals surface area contributed by atoms with Gasteiger partial charge in [-0.2, -0.15) is 0 Å². The number of imidazole rings is 1. The van der Waals surface area contributed by atoms with E-state index in [1.807, 2.05) is 30.1 Å². The summed E-state index contributed by atoms with van der Waals surface area (Å²) >= 11 is 0. The number of aromatic nitrogens is 2. The fraction of sp³-hybridized carbons (Fsp3) is 0.357. The Morgan fingerprint density at radius 2 is 2.12 bits per heavy atom. The van der Waals surface area contributed by atoms with Gasteiger partial charge in [0.15, 0.2) is 0 Å². The van der Waals surface area contributed by atoms with E-state index in [1.54, 1.807) is 0 Å². The second-order valence-electron chi connectivity index (χ2n) is 4.32. The van der Waals surface area contributed by atoms with Crippen LogP contribution in [0.5, 0.6) is 5.75 Å². The van der Waals surface area contributed by atoms with Gasteiger partial charge in [0.25, 0.3) is 0 Å². The first-order valence-corrected chi connectivity index (χ1v) is 5.83. The SMILES string of the molecule is Cc1ccc(OCCc2nccn2C)c(C)c1. The lowest BCUT2D eigenvalue weighted by molar-refractivity contribution is 0.315. The highest BCUT2D eigenvalue weighted by Crippen LogP contribution is 2.18. The van der Waals surface area contributed by atoms with Gasteiger partial charge in [-0.3, -0.25) is 0 Å². The van der Waals surface area contributed by atoms with Gasteiger partial charge in [0.05, 0.1) is 6.61 Å². The maximum atomic E-state index is 5.77. The van der Waals surface area contributed by atoms with E-state index in [0.717, 1.165) is 18.0 Å². The van der Waals surface area contributed by atoms with Gasteiger partial charge < -0.3 is 9.30 Å². The average molecular weight is 230 g/mol. The molecule has 1 aromatic carbocycles. The van der Waals surface area contributed by atoms with Crippen molar-refractivity contribution >= 4 is 0 Å². The molecule has 0 radical (unpaired) electrons. The summed E-state index contributed by atoms with van der Waals surface area (Å²) in [5, 5.41) is 0. The Hall–Kier alpha value is -1.77. The van der Waals surface area contributed by atoms with E-state index in [9.17, 15) is 0 Å². The molecule has 2 aromatic rings. The van der Waals surface area contributed by atoms with Crippen molar-refractivity contribution < 1.29 is 4.74 Å². The fourth-order valence-electron chi connectivity index (χ4n) is 1.85. The molecule has 0 fully saturated rings. The van der Waals surface area contributed by atoms with Crippen LogP contribution in [-0.2, 0) is 13.5 Å². The summed E-state index contributed by atoms with van der Waals surface area (Å²) in [5.74, 6) is 2.01. The van der Waals surface area contributed by atoms with Gasteiger partial charge in [-0.25, -0.2) is 4.98 Å². The smallest absolute Gasteiger partial charge is 0.122 e. The Bertz CT molecular complexity index is 503. The maximum Gasteiger partial charge on any atom is 0.122 e. The molecule has 0 saturated carbocycles. The lowest BCUT2D eigenvalue weighted by Gasteiger charge is -2.09. The third kappa shape index (κ3) is 2.87. The second kappa shape index (κ2) is 5.04. The number of aryl methyl sites for hydroxylation is 3. The quantitative estimate of drug-likeness (QED) is 0.807. The van der Waals surface area contributed by atoms with Gasteiger partial charge >= 0.3 is 0 Å². The zero-order valence-corrected chi connectivity index (χ0v) is 10.6. The molecular weight excluding hydrogens is 212 g/mol. The molecule has 0 aliphatic heterocycles. The number of hydrogen-bond donors (Lipinski definition) is 0. The van der Waals surface area contributed by atoms with E-state index in [-0.39, 0.29) is 0 Å². The lowest BCUT2D eigenvalue weighted by atomic mass is 10.1. The van der Waals surface area contributed by atoms with E-state index in [1.165, 1.54) is 11.1 Å². The molecular formula is C14H18N2O. The molecule has 2 rings (SSSR count). The Morgan fingerprint density at radius 3 is 2.76 bits per heavy atom. The standard InChI is InChI=1S/C14H18N2O/c1-11-4-5-13(12(2)10-11)17-9-6-14-15-7-8-16(14)3/h4-5,7-8,10H,6,9H2,1-3H3. The first-order chi connectivity index (χ1) is 8.16. The summed E-state index contributed by atoms with van der Waals surface area (Å²) < 4.78 is 7.79. The van der Waals surface area contributed by atoms with Gasteiger partial charge in [0.2, 0.25) is 0 Å². The van der Waals surface area contributed by atoms with Crippen LogP contribution in [0, 0.1) is 13.8 Å². The van der Waals surface area contributed by atoms with Crippen LogP contribution in [0.25, 0.3) is 0 Å². The van der Waals surface area contributed by atoms with Crippen LogP contribution < -0.4 is 4.74 Å². The van der Waals surface area contributed by atoms with E-state index in [4.69, 9.17) is 4.74 Å². The summed E-state index contributed by atoms with van der Waals surface area (Å²) in [7, 11) is 2.00. The van der Waals surface area contributed by atoms with Crippen LogP contribution in [0.2, 0.25) is 0 Å². The van der Waals surface area contributed by atoms with Gasteiger partial charge in [0.1, 0.15) is 11.6 Å². The van der Waals surface area contributed by atoms with Crippen LogP contribution in [0.4, 0.5) is 0 Å². The van der Waals surface area contributed by atoms with Crippen molar-refractivity contribution in [3.05, 3.63) is 47.5 Å². The van der Waals surface area contributed by atoms with Crippen molar-refractivity contribution in [2.24, 2.45) is 7.05 Å². The monoisotopic (exact) mass is 230 g/mol. The van der Waals surface area contributed by atoms with Gasteiger partial charge in [-0.1, -0.05) is 17.7 Å². The van der Waals surface area contributed by atoms with Crippen molar-refractivity contribution in [3.63, 3.8) is 0 Å². The molecule has 1 heterocycles. The van der Waals surface area contributed by atoms with Crippen LogP contribution in [0.3, 0.4) is 0 Å². The Balaban J connectivity index is 1.92. The van der Waals surface area contributed by atoms with Gasteiger partial charge in [-0.15, -0.1) is 0 Å². The van der Waals surface area contributed by atoms with Crippen molar-refractivity contribution in [1.82, 2.24) is 9.55 Å². The van der Waals surface area contributed by atoms with Crippen molar-refractivity contribution in [2.75, 3.05) is 6.61 Å². The minimum atomic E-state index is 0.661. The van der Waals surface area contributed by atoms with Crippen LogP contribution >= 0.6 is 0 Å². The Labute approximate surface area is 102 Å². The molecule has 0 bridgehead atoms. The topological polar surface area (TPSA) is 27.1 Å². The molecule has 0 unspecified atom stereocenters. The predicted octanol–water partition coefficient (Wildman–Crippen LogP) is 2.66. The van der Waals surface area contributed by atoms with E-state index in [0.29, 0.717) is 6.61 Å². The highest BCUT2D eigenvalue weighted by atomic mass is 16.5. The Morgan fingerprint density at radius 1 is 1.29 bits per heavy atom. The summed E-state index contributed by atoms with van der Waals surface area (Å²) in [6, 6.07) is 6.24. The third-order valence-corrected chi connectivity index (χ3v) is 2.83. The van der Waals surface area contributed by atoms with Crippen LogP contribution in [0.1, 0.15) is 17.0 Å². The first kappa shape index (κ1) is 11.7. The molecule has 3 heteroatoms. The first-order valence-electron chi connectivity index (χ1n) is 5.83. The maximum absolute atomic E-state index is 5.77. The molecule has 17 heavy (non-hydrogen) atoms.